The molecule has 7 heteroatoms. The van der Waals surface area contributed by atoms with Crippen LogP contribution in [0.5, 0.6) is 0 Å². The molecular weight excluding hydrogens is 288 g/mol. The molecule has 1 aliphatic heterocycles. The SMILES string of the molecule is CC(C)(C)C(=O)N1CSCC1c1nc(C2(N)CCC2)no1. The molecule has 0 aromatic carbocycles. The average molecular weight is 310 g/mol. The van der Waals surface area contributed by atoms with E-state index in [1.54, 1.807) is 11.8 Å². The van der Waals surface area contributed by atoms with Gasteiger partial charge in [-0.3, -0.25) is 4.79 Å². The van der Waals surface area contributed by atoms with Crippen molar-refractivity contribution in [3.8, 4) is 0 Å². The molecule has 0 radical (unpaired) electrons. The second-order valence-corrected chi connectivity index (χ2v) is 8.01. The molecule has 1 aliphatic carbocycles. The van der Waals surface area contributed by atoms with Crippen LogP contribution in [-0.4, -0.2) is 32.6 Å². The highest BCUT2D eigenvalue weighted by atomic mass is 32.2. The van der Waals surface area contributed by atoms with E-state index in [9.17, 15) is 4.79 Å². The second kappa shape index (κ2) is 4.98. The van der Waals surface area contributed by atoms with Gasteiger partial charge in [0.25, 0.3) is 0 Å². The van der Waals surface area contributed by atoms with Gasteiger partial charge in [-0.25, -0.2) is 0 Å². The number of thioether (sulfide) groups is 1. The highest BCUT2D eigenvalue weighted by Crippen LogP contribution is 2.39. The molecule has 1 saturated heterocycles. The van der Waals surface area contributed by atoms with E-state index in [-0.39, 0.29) is 11.9 Å². The molecular formula is C14H22N4O2S. The second-order valence-electron chi connectivity index (χ2n) is 7.01. The molecule has 1 unspecified atom stereocenters. The predicted molar refractivity (Wildman–Crippen MR) is 80.4 cm³/mol. The quantitative estimate of drug-likeness (QED) is 0.899. The van der Waals surface area contributed by atoms with Crippen LogP contribution >= 0.6 is 11.8 Å². The molecule has 1 saturated carbocycles. The molecule has 1 atom stereocenters. The topological polar surface area (TPSA) is 85.2 Å². The van der Waals surface area contributed by atoms with Gasteiger partial charge >= 0.3 is 0 Å². The lowest BCUT2D eigenvalue weighted by Gasteiger charge is -2.34. The fourth-order valence-electron chi connectivity index (χ4n) is 2.63. The molecule has 0 bridgehead atoms. The minimum atomic E-state index is -0.424. The Kier molecular flexibility index (Phi) is 3.52. The van der Waals surface area contributed by atoms with Crippen molar-refractivity contribution in [3.63, 3.8) is 0 Å². The minimum Gasteiger partial charge on any atom is -0.337 e. The van der Waals surface area contributed by atoms with E-state index in [0.29, 0.717) is 17.6 Å². The van der Waals surface area contributed by atoms with E-state index in [1.165, 1.54) is 0 Å². The Morgan fingerprint density at radius 3 is 2.76 bits per heavy atom. The van der Waals surface area contributed by atoms with Gasteiger partial charge in [0.05, 0.1) is 11.4 Å². The fraction of sp³-hybridized carbons (Fsp3) is 0.786. The van der Waals surface area contributed by atoms with Gasteiger partial charge in [-0.2, -0.15) is 4.98 Å². The number of aromatic nitrogens is 2. The third kappa shape index (κ3) is 2.57. The maximum absolute atomic E-state index is 12.5. The van der Waals surface area contributed by atoms with E-state index >= 15 is 0 Å². The molecule has 2 N–H and O–H groups in total. The number of hydrogen-bond acceptors (Lipinski definition) is 6. The Morgan fingerprint density at radius 2 is 2.19 bits per heavy atom. The maximum Gasteiger partial charge on any atom is 0.250 e. The molecule has 1 aromatic heterocycles. The first kappa shape index (κ1) is 14.8. The summed E-state index contributed by atoms with van der Waals surface area (Å²) in [6.45, 7) is 5.79. The monoisotopic (exact) mass is 310 g/mol. The molecule has 2 fully saturated rings. The standard InChI is InChI=1S/C14H22N4O2S/c1-13(2,3)12(19)18-8-21-7-9(18)10-16-11(17-20-10)14(15)5-4-6-14/h9H,4-8,15H2,1-3H3. The van der Waals surface area contributed by atoms with Crippen molar-refractivity contribution in [1.82, 2.24) is 15.0 Å². The van der Waals surface area contributed by atoms with Crippen molar-refractivity contribution in [2.24, 2.45) is 11.1 Å². The van der Waals surface area contributed by atoms with Crippen LogP contribution in [0.15, 0.2) is 4.52 Å². The van der Waals surface area contributed by atoms with Crippen LogP contribution in [-0.2, 0) is 10.3 Å². The first-order valence-electron chi connectivity index (χ1n) is 7.33. The van der Waals surface area contributed by atoms with Crippen LogP contribution in [0.4, 0.5) is 0 Å². The first-order chi connectivity index (χ1) is 9.81. The number of carbonyl (C=O) groups is 1. The Hall–Kier alpha value is -1.08. The number of carbonyl (C=O) groups excluding carboxylic acids is 1. The lowest BCUT2D eigenvalue weighted by atomic mass is 9.77. The number of nitrogens with zero attached hydrogens (tertiary/aromatic N) is 3. The summed E-state index contributed by atoms with van der Waals surface area (Å²) in [7, 11) is 0. The smallest absolute Gasteiger partial charge is 0.250 e. The number of nitrogens with two attached hydrogens (primary N) is 1. The zero-order valence-corrected chi connectivity index (χ0v) is 13.6. The summed E-state index contributed by atoms with van der Waals surface area (Å²) in [4.78, 5) is 18.8. The van der Waals surface area contributed by atoms with Gasteiger partial charge < -0.3 is 15.2 Å². The van der Waals surface area contributed by atoms with E-state index in [2.05, 4.69) is 10.1 Å². The van der Waals surface area contributed by atoms with Crippen molar-refractivity contribution in [2.75, 3.05) is 11.6 Å². The summed E-state index contributed by atoms with van der Waals surface area (Å²) in [6, 6.07) is -0.133. The van der Waals surface area contributed by atoms with Gasteiger partial charge in [-0.15, -0.1) is 11.8 Å². The molecule has 1 amide bonds. The Bertz CT molecular complexity index is 547. The lowest BCUT2D eigenvalue weighted by molar-refractivity contribution is -0.140. The van der Waals surface area contributed by atoms with Crippen LogP contribution in [0.1, 0.15) is 57.8 Å². The van der Waals surface area contributed by atoms with Gasteiger partial charge in [-0.1, -0.05) is 25.9 Å². The largest absolute Gasteiger partial charge is 0.337 e. The van der Waals surface area contributed by atoms with Gasteiger partial charge in [0.1, 0.15) is 6.04 Å². The molecule has 3 rings (SSSR count). The maximum atomic E-state index is 12.5. The Labute approximate surface area is 128 Å². The third-order valence-electron chi connectivity index (χ3n) is 4.20. The van der Waals surface area contributed by atoms with Crippen LogP contribution < -0.4 is 5.73 Å². The Morgan fingerprint density at radius 1 is 1.48 bits per heavy atom. The fourth-order valence-corrected chi connectivity index (χ4v) is 3.78. The number of amides is 1. The van der Waals surface area contributed by atoms with E-state index in [1.807, 2.05) is 25.7 Å². The normalized spacial score (nSPS) is 25.0. The molecule has 0 spiro atoms. The summed E-state index contributed by atoms with van der Waals surface area (Å²) in [5.41, 5.74) is 5.40. The van der Waals surface area contributed by atoms with Crippen molar-refractivity contribution < 1.29 is 9.32 Å². The van der Waals surface area contributed by atoms with E-state index in [0.717, 1.165) is 25.0 Å². The van der Waals surface area contributed by atoms with Crippen molar-refractivity contribution >= 4 is 17.7 Å². The molecule has 1 aromatic rings. The summed E-state index contributed by atoms with van der Waals surface area (Å²) in [6.07, 6.45) is 2.90. The molecule has 6 nitrogen and oxygen atoms in total. The summed E-state index contributed by atoms with van der Waals surface area (Å²) >= 11 is 1.71. The average Bonchev–Trinajstić information content (AvgIpc) is 3.02. The zero-order valence-electron chi connectivity index (χ0n) is 12.8. The van der Waals surface area contributed by atoms with Crippen LogP contribution in [0.2, 0.25) is 0 Å². The zero-order chi connectivity index (χ0) is 15.3. The van der Waals surface area contributed by atoms with Gasteiger partial charge in [-0.05, 0) is 19.3 Å². The molecule has 2 heterocycles. The van der Waals surface area contributed by atoms with Crippen LogP contribution in [0, 0.1) is 5.41 Å². The molecule has 21 heavy (non-hydrogen) atoms. The van der Waals surface area contributed by atoms with Crippen LogP contribution in [0.25, 0.3) is 0 Å². The number of rotatable bonds is 2. The van der Waals surface area contributed by atoms with Crippen molar-refractivity contribution in [3.05, 3.63) is 11.7 Å². The summed E-state index contributed by atoms with van der Waals surface area (Å²) in [5.74, 6) is 2.68. The molecule has 2 aliphatic rings. The third-order valence-corrected chi connectivity index (χ3v) is 5.21. The van der Waals surface area contributed by atoms with E-state index < -0.39 is 11.0 Å². The minimum absolute atomic E-state index is 0.114. The number of hydrogen-bond donors (Lipinski definition) is 1. The predicted octanol–water partition coefficient (Wildman–Crippen LogP) is 2.03. The van der Waals surface area contributed by atoms with Gasteiger partial charge in [0.2, 0.25) is 11.8 Å². The van der Waals surface area contributed by atoms with E-state index in [4.69, 9.17) is 10.3 Å². The summed E-state index contributed by atoms with van der Waals surface area (Å²) < 4.78 is 5.42. The van der Waals surface area contributed by atoms with Crippen LogP contribution in [0.3, 0.4) is 0 Å². The summed E-state index contributed by atoms with van der Waals surface area (Å²) in [5, 5.41) is 4.05. The lowest BCUT2D eigenvalue weighted by Crippen LogP contribution is -2.44. The van der Waals surface area contributed by atoms with Crippen molar-refractivity contribution in [2.45, 2.75) is 51.6 Å². The van der Waals surface area contributed by atoms with Gasteiger partial charge in [0, 0.05) is 11.2 Å². The molecule has 116 valence electrons. The first-order valence-corrected chi connectivity index (χ1v) is 8.48. The highest BCUT2D eigenvalue weighted by Gasteiger charge is 2.42. The highest BCUT2D eigenvalue weighted by molar-refractivity contribution is 7.99. The van der Waals surface area contributed by atoms with Crippen molar-refractivity contribution in [1.29, 1.82) is 0 Å². The van der Waals surface area contributed by atoms with Gasteiger partial charge in [0.15, 0.2) is 5.82 Å². The Balaban J connectivity index is 1.81.